The molecule has 2 N–H and O–H groups in total. The van der Waals surface area contributed by atoms with Crippen LogP contribution in [0.2, 0.25) is 0 Å². The fourth-order valence-corrected chi connectivity index (χ4v) is 2.86. The average Bonchev–Trinajstić information content (AvgIpc) is 2.46. The monoisotopic (exact) mass is 268 g/mol. The molecular formula is C14H28N4O. The first-order valence-electron chi connectivity index (χ1n) is 7.58. The lowest BCUT2D eigenvalue weighted by atomic mass is 9.99. The van der Waals surface area contributed by atoms with Crippen molar-refractivity contribution < 1.29 is 4.79 Å². The maximum absolute atomic E-state index is 12.1. The lowest BCUT2D eigenvalue weighted by molar-refractivity contribution is -0.125. The van der Waals surface area contributed by atoms with Gasteiger partial charge in [0, 0.05) is 45.3 Å². The number of likely N-dealkylation sites (N-methyl/N-ethyl adjacent to an activating group) is 1. The second-order valence-corrected chi connectivity index (χ2v) is 5.98. The Morgan fingerprint density at radius 3 is 2.74 bits per heavy atom. The van der Waals surface area contributed by atoms with Crippen LogP contribution in [0.5, 0.6) is 0 Å². The lowest BCUT2D eigenvalue weighted by Crippen LogP contribution is -2.52. The van der Waals surface area contributed by atoms with Gasteiger partial charge in [0.05, 0.1) is 5.92 Å². The summed E-state index contributed by atoms with van der Waals surface area (Å²) in [6.45, 7) is 9.37. The van der Waals surface area contributed by atoms with Gasteiger partial charge < -0.3 is 15.5 Å². The lowest BCUT2D eigenvalue weighted by Gasteiger charge is -2.36. The molecule has 5 nitrogen and oxygen atoms in total. The number of piperazine rings is 1. The van der Waals surface area contributed by atoms with Crippen LogP contribution in [0.3, 0.4) is 0 Å². The number of carbonyl (C=O) groups is 1. The van der Waals surface area contributed by atoms with E-state index in [4.69, 9.17) is 0 Å². The molecule has 2 unspecified atom stereocenters. The molecule has 0 aliphatic carbocycles. The molecule has 2 fully saturated rings. The van der Waals surface area contributed by atoms with Crippen LogP contribution < -0.4 is 10.6 Å². The van der Waals surface area contributed by atoms with Gasteiger partial charge in [0.1, 0.15) is 0 Å². The summed E-state index contributed by atoms with van der Waals surface area (Å²) < 4.78 is 0. The van der Waals surface area contributed by atoms with E-state index in [-0.39, 0.29) is 11.8 Å². The summed E-state index contributed by atoms with van der Waals surface area (Å²) in [7, 11) is 2.17. The molecule has 0 aromatic heterocycles. The number of nitrogens with zero attached hydrogens (tertiary/aromatic N) is 2. The van der Waals surface area contributed by atoms with Gasteiger partial charge in [-0.05, 0) is 33.4 Å². The van der Waals surface area contributed by atoms with E-state index in [0.717, 1.165) is 58.7 Å². The number of hydrogen-bond donors (Lipinski definition) is 2. The summed E-state index contributed by atoms with van der Waals surface area (Å²) in [6, 6.07) is 0.439. The van der Waals surface area contributed by atoms with E-state index < -0.39 is 0 Å². The van der Waals surface area contributed by atoms with Gasteiger partial charge in [-0.25, -0.2) is 0 Å². The zero-order valence-electron chi connectivity index (χ0n) is 12.3. The van der Waals surface area contributed by atoms with Crippen LogP contribution in [0.15, 0.2) is 0 Å². The van der Waals surface area contributed by atoms with E-state index in [2.05, 4.69) is 34.4 Å². The van der Waals surface area contributed by atoms with E-state index >= 15 is 0 Å². The molecule has 0 spiro atoms. The van der Waals surface area contributed by atoms with E-state index in [0.29, 0.717) is 6.04 Å². The number of carbonyl (C=O) groups excluding carboxylic acids is 1. The Kier molecular flexibility index (Phi) is 5.60. The van der Waals surface area contributed by atoms with Crippen molar-refractivity contribution in [2.45, 2.75) is 25.8 Å². The van der Waals surface area contributed by atoms with Crippen molar-refractivity contribution in [3.63, 3.8) is 0 Å². The second kappa shape index (κ2) is 7.22. The third-order valence-corrected chi connectivity index (χ3v) is 4.40. The topological polar surface area (TPSA) is 47.6 Å². The molecule has 1 amide bonds. The molecule has 0 radical (unpaired) electrons. The molecule has 0 bridgehead atoms. The Morgan fingerprint density at radius 2 is 2.11 bits per heavy atom. The largest absolute Gasteiger partial charge is 0.354 e. The smallest absolute Gasteiger partial charge is 0.224 e. The Hall–Kier alpha value is -0.650. The van der Waals surface area contributed by atoms with Gasteiger partial charge in [0.2, 0.25) is 5.91 Å². The third-order valence-electron chi connectivity index (χ3n) is 4.40. The average molecular weight is 268 g/mol. The molecule has 2 rings (SSSR count). The second-order valence-electron chi connectivity index (χ2n) is 5.98. The van der Waals surface area contributed by atoms with Crippen molar-refractivity contribution in [1.29, 1.82) is 0 Å². The summed E-state index contributed by atoms with van der Waals surface area (Å²) in [5.74, 6) is 0.404. The highest BCUT2D eigenvalue weighted by Gasteiger charge is 2.23. The van der Waals surface area contributed by atoms with Crippen LogP contribution >= 0.6 is 0 Å². The summed E-state index contributed by atoms with van der Waals surface area (Å²) in [5.41, 5.74) is 0. The maximum atomic E-state index is 12.1. The van der Waals surface area contributed by atoms with E-state index in [9.17, 15) is 4.79 Å². The van der Waals surface area contributed by atoms with Crippen molar-refractivity contribution in [2.24, 2.45) is 5.92 Å². The molecule has 0 aromatic carbocycles. The number of nitrogens with one attached hydrogen (secondary N) is 2. The SMILES string of the molecule is CC(CNC(=O)C1CCCNC1)N1CCN(C)CC1. The van der Waals surface area contributed by atoms with Crippen molar-refractivity contribution in [1.82, 2.24) is 20.4 Å². The molecule has 2 heterocycles. The summed E-state index contributed by atoms with van der Waals surface area (Å²) in [6.07, 6.45) is 2.15. The normalized spacial score (nSPS) is 28.0. The summed E-state index contributed by atoms with van der Waals surface area (Å²) >= 11 is 0. The van der Waals surface area contributed by atoms with Crippen LogP contribution in [-0.4, -0.2) is 74.6 Å². The predicted molar refractivity (Wildman–Crippen MR) is 77.1 cm³/mol. The van der Waals surface area contributed by atoms with Gasteiger partial charge in [-0.1, -0.05) is 0 Å². The molecule has 5 heteroatoms. The molecule has 2 aliphatic rings. The fraction of sp³-hybridized carbons (Fsp3) is 0.929. The van der Waals surface area contributed by atoms with Gasteiger partial charge in [-0.3, -0.25) is 9.69 Å². The van der Waals surface area contributed by atoms with Gasteiger partial charge in [0.15, 0.2) is 0 Å². The maximum Gasteiger partial charge on any atom is 0.224 e. The Bertz CT molecular complexity index is 283. The van der Waals surface area contributed by atoms with Crippen molar-refractivity contribution in [3.8, 4) is 0 Å². The molecule has 19 heavy (non-hydrogen) atoms. The van der Waals surface area contributed by atoms with Gasteiger partial charge in [-0.15, -0.1) is 0 Å². The number of piperidine rings is 1. The van der Waals surface area contributed by atoms with Crippen molar-refractivity contribution in [2.75, 3.05) is 52.9 Å². The molecule has 2 atom stereocenters. The Balaban J connectivity index is 1.67. The van der Waals surface area contributed by atoms with Crippen molar-refractivity contribution in [3.05, 3.63) is 0 Å². The molecule has 0 aromatic rings. The minimum atomic E-state index is 0.174. The first-order chi connectivity index (χ1) is 9.16. The molecular weight excluding hydrogens is 240 g/mol. The van der Waals surface area contributed by atoms with Crippen LogP contribution in [0.4, 0.5) is 0 Å². The number of amides is 1. The first kappa shape index (κ1) is 14.8. The van der Waals surface area contributed by atoms with Crippen molar-refractivity contribution >= 4 is 5.91 Å². The number of hydrogen-bond acceptors (Lipinski definition) is 4. The molecule has 110 valence electrons. The van der Waals surface area contributed by atoms with E-state index in [1.54, 1.807) is 0 Å². The highest BCUT2D eigenvalue weighted by Crippen LogP contribution is 2.10. The fourth-order valence-electron chi connectivity index (χ4n) is 2.86. The summed E-state index contributed by atoms with van der Waals surface area (Å²) in [5, 5.41) is 6.42. The first-order valence-corrected chi connectivity index (χ1v) is 7.58. The molecule has 2 aliphatic heterocycles. The Labute approximate surface area is 116 Å². The third kappa shape index (κ3) is 4.44. The van der Waals surface area contributed by atoms with Crippen LogP contribution in [0.25, 0.3) is 0 Å². The van der Waals surface area contributed by atoms with Crippen LogP contribution in [0, 0.1) is 5.92 Å². The van der Waals surface area contributed by atoms with Gasteiger partial charge in [-0.2, -0.15) is 0 Å². The highest BCUT2D eigenvalue weighted by atomic mass is 16.1. The van der Waals surface area contributed by atoms with E-state index in [1.807, 2.05) is 0 Å². The Morgan fingerprint density at radius 1 is 1.37 bits per heavy atom. The minimum absolute atomic E-state index is 0.174. The molecule has 0 saturated carbocycles. The van der Waals surface area contributed by atoms with Crippen LogP contribution in [-0.2, 0) is 4.79 Å². The highest BCUT2D eigenvalue weighted by molar-refractivity contribution is 5.79. The standard InChI is InChI=1S/C14H28N4O/c1-12(18-8-6-17(2)7-9-18)10-16-14(19)13-4-3-5-15-11-13/h12-13,15H,3-11H2,1-2H3,(H,16,19). The van der Waals surface area contributed by atoms with Gasteiger partial charge in [0.25, 0.3) is 0 Å². The van der Waals surface area contributed by atoms with E-state index in [1.165, 1.54) is 0 Å². The number of rotatable bonds is 4. The van der Waals surface area contributed by atoms with Gasteiger partial charge >= 0.3 is 0 Å². The zero-order chi connectivity index (χ0) is 13.7. The molecule has 2 saturated heterocycles. The minimum Gasteiger partial charge on any atom is -0.354 e. The summed E-state index contributed by atoms with van der Waals surface area (Å²) in [4.78, 5) is 16.9. The predicted octanol–water partition coefficient (Wildman–Crippen LogP) is -0.262. The zero-order valence-corrected chi connectivity index (χ0v) is 12.3. The quantitative estimate of drug-likeness (QED) is 0.737. The van der Waals surface area contributed by atoms with Crippen LogP contribution in [0.1, 0.15) is 19.8 Å².